The van der Waals surface area contributed by atoms with Crippen LogP contribution in [0.2, 0.25) is 0 Å². The van der Waals surface area contributed by atoms with Gasteiger partial charge in [0, 0.05) is 24.1 Å². The van der Waals surface area contributed by atoms with E-state index < -0.39 is 0 Å². The zero-order chi connectivity index (χ0) is 9.52. The first-order valence-electron chi connectivity index (χ1n) is 4.60. The van der Waals surface area contributed by atoms with Crippen LogP contribution in [0.25, 0.3) is 0 Å². The highest BCUT2D eigenvalue weighted by atomic mass is 32.1. The van der Waals surface area contributed by atoms with Gasteiger partial charge in [0.15, 0.2) is 0 Å². The Hall–Kier alpha value is -0.680. The van der Waals surface area contributed by atoms with Crippen molar-refractivity contribution in [1.29, 1.82) is 0 Å². The molecular weight excluding hydrogens is 184 g/mol. The first kappa shape index (κ1) is 10.4. The minimum absolute atomic E-state index is 0.341. The van der Waals surface area contributed by atoms with Gasteiger partial charge < -0.3 is 11.1 Å². The Morgan fingerprint density at radius 3 is 3.08 bits per heavy atom. The van der Waals surface area contributed by atoms with Crippen LogP contribution in [0.4, 0.5) is 5.13 Å². The second-order valence-electron chi connectivity index (χ2n) is 2.97. The summed E-state index contributed by atoms with van der Waals surface area (Å²) >= 11 is 1.37. The third-order valence-electron chi connectivity index (χ3n) is 1.88. The summed E-state index contributed by atoms with van der Waals surface area (Å²) in [6, 6.07) is 0.341. The van der Waals surface area contributed by atoms with Gasteiger partial charge in [-0.1, -0.05) is 19.8 Å². The Bertz CT molecular complexity index is 212. The van der Waals surface area contributed by atoms with Crippen molar-refractivity contribution in [3.8, 4) is 0 Å². The molecule has 1 aromatic heterocycles. The molecule has 0 aromatic carbocycles. The molecule has 0 aliphatic rings. The second kappa shape index (κ2) is 5.88. The van der Waals surface area contributed by atoms with Gasteiger partial charge in [0.2, 0.25) is 5.13 Å². The number of nitrogens with two attached hydrogens (primary N) is 1. The van der Waals surface area contributed by atoms with Crippen LogP contribution in [0.3, 0.4) is 0 Å². The SMILES string of the molecule is CCCCC(CN)Nc1ncns1. The van der Waals surface area contributed by atoms with Gasteiger partial charge in [-0.05, 0) is 6.42 Å². The lowest BCUT2D eigenvalue weighted by Crippen LogP contribution is -2.28. The first-order chi connectivity index (χ1) is 6.36. The molecule has 0 amide bonds. The highest BCUT2D eigenvalue weighted by molar-refractivity contribution is 7.09. The summed E-state index contributed by atoms with van der Waals surface area (Å²) < 4.78 is 3.92. The molecule has 1 rings (SSSR count). The molecule has 1 atom stereocenters. The van der Waals surface area contributed by atoms with Crippen LogP contribution < -0.4 is 11.1 Å². The molecule has 0 aliphatic heterocycles. The number of nitrogens with zero attached hydrogens (tertiary/aromatic N) is 2. The number of nitrogens with one attached hydrogen (secondary N) is 1. The summed E-state index contributed by atoms with van der Waals surface area (Å²) in [4.78, 5) is 4.05. The van der Waals surface area contributed by atoms with E-state index >= 15 is 0 Å². The van der Waals surface area contributed by atoms with Crippen molar-refractivity contribution in [2.24, 2.45) is 5.73 Å². The van der Waals surface area contributed by atoms with Crippen molar-refractivity contribution in [2.75, 3.05) is 11.9 Å². The van der Waals surface area contributed by atoms with Crippen molar-refractivity contribution in [2.45, 2.75) is 32.2 Å². The van der Waals surface area contributed by atoms with E-state index in [4.69, 9.17) is 5.73 Å². The second-order valence-corrected chi connectivity index (χ2v) is 3.75. The van der Waals surface area contributed by atoms with Crippen molar-refractivity contribution in [3.63, 3.8) is 0 Å². The van der Waals surface area contributed by atoms with E-state index in [2.05, 4.69) is 21.6 Å². The maximum absolute atomic E-state index is 5.62. The minimum atomic E-state index is 0.341. The van der Waals surface area contributed by atoms with Crippen molar-refractivity contribution >= 4 is 16.7 Å². The molecule has 0 saturated heterocycles. The van der Waals surface area contributed by atoms with Crippen LogP contribution in [0, 0.1) is 0 Å². The zero-order valence-corrected chi connectivity index (χ0v) is 8.68. The van der Waals surface area contributed by atoms with E-state index in [0.29, 0.717) is 12.6 Å². The van der Waals surface area contributed by atoms with Gasteiger partial charge in [0.25, 0.3) is 0 Å². The molecule has 0 spiro atoms. The molecule has 0 saturated carbocycles. The number of hydrogen-bond acceptors (Lipinski definition) is 5. The summed E-state index contributed by atoms with van der Waals surface area (Å²) in [5.41, 5.74) is 5.62. The van der Waals surface area contributed by atoms with Crippen LogP contribution in [0.1, 0.15) is 26.2 Å². The molecule has 13 heavy (non-hydrogen) atoms. The average molecular weight is 200 g/mol. The topological polar surface area (TPSA) is 63.8 Å². The maximum atomic E-state index is 5.62. The Morgan fingerprint density at radius 2 is 2.54 bits per heavy atom. The van der Waals surface area contributed by atoms with Gasteiger partial charge in [0.1, 0.15) is 6.33 Å². The monoisotopic (exact) mass is 200 g/mol. The molecule has 1 aromatic rings. The third-order valence-corrected chi connectivity index (χ3v) is 2.48. The standard InChI is InChI=1S/C8H16N4S/c1-2-3-4-7(5-9)12-8-10-6-11-13-8/h6-7H,2-5,9H2,1H3,(H,10,11,12). The fourth-order valence-electron chi connectivity index (χ4n) is 1.11. The van der Waals surface area contributed by atoms with Gasteiger partial charge in [-0.3, -0.25) is 0 Å². The Balaban J connectivity index is 2.31. The molecule has 1 heterocycles. The van der Waals surface area contributed by atoms with Gasteiger partial charge in [-0.2, -0.15) is 4.37 Å². The molecule has 0 fully saturated rings. The Morgan fingerprint density at radius 1 is 1.69 bits per heavy atom. The van der Waals surface area contributed by atoms with Crippen LogP contribution in [-0.2, 0) is 0 Å². The highest BCUT2D eigenvalue weighted by Gasteiger charge is 2.06. The van der Waals surface area contributed by atoms with Crippen LogP contribution in [0.15, 0.2) is 6.33 Å². The number of unbranched alkanes of at least 4 members (excludes halogenated alkanes) is 1. The lowest BCUT2D eigenvalue weighted by Gasteiger charge is -2.14. The third kappa shape index (κ3) is 3.69. The zero-order valence-electron chi connectivity index (χ0n) is 7.86. The largest absolute Gasteiger partial charge is 0.356 e. The first-order valence-corrected chi connectivity index (χ1v) is 5.37. The summed E-state index contributed by atoms with van der Waals surface area (Å²) in [5.74, 6) is 0. The van der Waals surface area contributed by atoms with Crippen molar-refractivity contribution < 1.29 is 0 Å². The lowest BCUT2D eigenvalue weighted by molar-refractivity contribution is 0.614. The van der Waals surface area contributed by atoms with E-state index in [1.54, 1.807) is 6.33 Å². The summed E-state index contributed by atoms with van der Waals surface area (Å²) in [6.07, 6.45) is 5.06. The van der Waals surface area contributed by atoms with Gasteiger partial charge in [-0.15, -0.1) is 0 Å². The Labute approximate surface area is 82.7 Å². The van der Waals surface area contributed by atoms with E-state index in [1.807, 2.05) is 0 Å². The number of hydrogen-bond donors (Lipinski definition) is 2. The molecule has 1 unspecified atom stereocenters. The molecule has 4 nitrogen and oxygen atoms in total. The molecule has 3 N–H and O–H groups in total. The summed E-state index contributed by atoms with van der Waals surface area (Å²) in [7, 11) is 0. The predicted molar refractivity (Wildman–Crippen MR) is 55.9 cm³/mol. The minimum Gasteiger partial charge on any atom is -0.356 e. The van der Waals surface area contributed by atoms with E-state index in [9.17, 15) is 0 Å². The number of anilines is 1. The molecule has 0 aliphatic carbocycles. The van der Waals surface area contributed by atoms with E-state index in [0.717, 1.165) is 11.6 Å². The number of aromatic nitrogens is 2. The molecule has 0 radical (unpaired) electrons. The van der Waals surface area contributed by atoms with Crippen LogP contribution >= 0.6 is 11.5 Å². The van der Waals surface area contributed by atoms with Crippen LogP contribution in [-0.4, -0.2) is 21.9 Å². The van der Waals surface area contributed by atoms with E-state index in [-0.39, 0.29) is 0 Å². The van der Waals surface area contributed by atoms with Gasteiger partial charge >= 0.3 is 0 Å². The van der Waals surface area contributed by atoms with E-state index in [1.165, 1.54) is 24.4 Å². The van der Waals surface area contributed by atoms with Crippen molar-refractivity contribution in [3.05, 3.63) is 6.33 Å². The smallest absolute Gasteiger partial charge is 0.202 e. The van der Waals surface area contributed by atoms with Gasteiger partial charge in [0.05, 0.1) is 0 Å². The summed E-state index contributed by atoms with van der Waals surface area (Å²) in [6.45, 7) is 2.83. The normalized spacial score (nSPS) is 12.8. The average Bonchev–Trinajstić information content (AvgIpc) is 2.64. The van der Waals surface area contributed by atoms with Gasteiger partial charge in [-0.25, -0.2) is 4.98 Å². The fourth-order valence-corrected chi connectivity index (χ4v) is 1.62. The molecule has 74 valence electrons. The fraction of sp³-hybridized carbons (Fsp3) is 0.750. The van der Waals surface area contributed by atoms with Crippen LogP contribution in [0.5, 0.6) is 0 Å². The van der Waals surface area contributed by atoms with Crippen molar-refractivity contribution in [1.82, 2.24) is 9.36 Å². The summed E-state index contributed by atoms with van der Waals surface area (Å²) in [5, 5.41) is 4.13. The Kier molecular flexibility index (Phi) is 4.70. The molecule has 5 heteroatoms. The molecule has 0 bridgehead atoms. The highest BCUT2D eigenvalue weighted by Crippen LogP contribution is 2.11. The number of rotatable bonds is 6. The molecular formula is C8H16N4S. The predicted octanol–water partition coefficient (Wildman–Crippen LogP) is 1.47. The maximum Gasteiger partial charge on any atom is 0.202 e. The lowest BCUT2D eigenvalue weighted by atomic mass is 10.1. The quantitative estimate of drug-likeness (QED) is 0.730.